The molecule has 2 saturated heterocycles. The molecule has 4 rings (SSSR count). The van der Waals surface area contributed by atoms with Gasteiger partial charge in [0.2, 0.25) is 5.91 Å². The lowest BCUT2D eigenvalue weighted by Gasteiger charge is -2.48. The monoisotopic (exact) mass is 502 g/mol. The molecule has 1 aromatic rings. The maximum atomic E-state index is 12.7. The van der Waals surface area contributed by atoms with Crippen molar-refractivity contribution < 1.29 is 38.1 Å². The largest absolute Gasteiger partial charge is 0.483 e. The molecule has 0 spiro atoms. The summed E-state index contributed by atoms with van der Waals surface area (Å²) in [6.07, 6.45) is 2.44. The molecule has 196 valence electrons. The number of hydrogen-bond donors (Lipinski definition) is 0. The Labute approximate surface area is 211 Å². The first-order valence-electron chi connectivity index (χ1n) is 12.3. The van der Waals surface area contributed by atoms with E-state index in [9.17, 15) is 14.4 Å². The molecular weight excluding hydrogens is 468 g/mol. The minimum Gasteiger partial charge on any atom is -0.483 e. The van der Waals surface area contributed by atoms with Crippen molar-refractivity contribution in [2.75, 3.05) is 52.6 Å². The van der Waals surface area contributed by atoms with Gasteiger partial charge < -0.3 is 28.6 Å². The first kappa shape index (κ1) is 26.1. The fourth-order valence-electron chi connectivity index (χ4n) is 4.89. The second-order valence-corrected chi connectivity index (χ2v) is 9.59. The Morgan fingerprint density at radius 3 is 2.22 bits per heavy atom. The number of esters is 2. The van der Waals surface area contributed by atoms with E-state index in [2.05, 4.69) is 4.90 Å². The summed E-state index contributed by atoms with van der Waals surface area (Å²) in [6, 6.07) is 3.12. The van der Waals surface area contributed by atoms with Crippen LogP contribution in [0.2, 0.25) is 0 Å². The second kappa shape index (κ2) is 11.0. The lowest BCUT2D eigenvalue weighted by molar-refractivity contribution is -0.172. The van der Waals surface area contributed by atoms with Crippen LogP contribution in [0.4, 0.5) is 0 Å². The highest BCUT2D eigenvalue weighted by Crippen LogP contribution is 2.50. The van der Waals surface area contributed by atoms with Crippen molar-refractivity contribution in [1.82, 2.24) is 9.80 Å². The Balaban J connectivity index is 1.80. The summed E-state index contributed by atoms with van der Waals surface area (Å²) in [4.78, 5) is 41.0. The summed E-state index contributed by atoms with van der Waals surface area (Å²) in [5, 5.41) is 0. The van der Waals surface area contributed by atoms with E-state index in [1.165, 1.54) is 19.9 Å². The number of carbonyl (C=O) groups excluding carboxylic acids is 3. The lowest BCUT2D eigenvalue weighted by Crippen LogP contribution is -2.57. The summed E-state index contributed by atoms with van der Waals surface area (Å²) in [5.41, 5.74) is 0.311. The average Bonchev–Trinajstić information content (AvgIpc) is 2.84. The zero-order valence-electron chi connectivity index (χ0n) is 21.3. The molecule has 0 aliphatic carbocycles. The van der Waals surface area contributed by atoms with E-state index in [1.807, 2.05) is 13.8 Å². The van der Waals surface area contributed by atoms with E-state index in [0.717, 1.165) is 0 Å². The zero-order valence-corrected chi connectivity index (χ0v) is 21.3. The van der Waals surface area contributed by atoms with Gasteiger partial charge in [0.15, 0.2) is 6.10 Å². The molecule has 3 heterocycles. The van der Waals surface area contributed by atoms with Crippen molar-refractivity contribution in [2.45, 2.75) is 45.4 Å². The van der Waals surface area contributed by atoms with E-state index in [0.29, 0.717) is 69.5 Å². The van der Waals surface area contributed by atoms with Crippen LogP contribution in [0.3, 0.4) is 0 Å². The van der Waals surface area contributed by atoms with E-state index < -0.39 is 29.7 Å². The van der Waals surface area contributed by atoms with Gasteiger partial charge in [-0.05, 0) is 32.1 Å². The van der Waals surface area contributed by atoms with Gasteiger partial charge in [-0.1, -0.05) is 0 Å². The smallest absolute Gasteiger partial charge is 0.308 e. The molecule has 1 aromatic carbocycles. The van der Waals surface area contributed by atoms with Crippen molar-refractivity contribution >= 4 is 23.9 Å². The summed E-state index contributed by atoms with van der Waals surface area (Å²) in [7, 11) is 0. The van der Waals surface area contributed by atoms with Crippen LogP contribution in [-0.4, -0.2) is 92.0 Å². The molecule has 0 radical (unpaired) electrons. The molecule has 1 amide bonds. The van der Waals surface area contributed by atoms with Crippen LogP contribution < -0.4 is 9.47 Å². The summed E-state index contributed by atoms with van der Waals surface area (Å²) in [5.74, 6) is -0.264. The fourth-order valence-corrected chi connectivity index (χ4v) is 4.89. The van der Waals surface area contributed by atoms with Gasteiger partial charge >= 0.3 is 11.9 Å². The Kier molecular flexibility index (Phi) is 7.97. The molecule has 10 nitrogen and oxygen atoms in total. The molecule has 3 aliphatic heterocycles. The van der Waals surface area contributed by atoms with Gasteiger partial charge in [-0.2, -0.15) is 0 Å². The number of morpholine rings is 2. The third kappa shape index (κ3) is 5.71. The van der Waals surface area contributed by atoms with Crippen molar-refractivity contribution in [3.05, 3.63) is 29.3 Å². The first-order chi connectivity index (χ1) is 17.2. The SMILES string of the molecule is CC(=O)Oc1c(/C=C/C(=O)N2CCOCC2)ccc2c1C(N1CCOCC1)C(OC(C)=O)C(C)(C)O2. The molecule has 0 N–H and O–H groups in total. The second-order valence-electron chi connectivity index (χ2n) is 9.59. The van der Waals surface area contributed by atoms with E-state index in [1.54, 1.807) is 23.1 Å². The number of fused-ring (bicyclic) bond motifs is 1. The lowest BCUT2D eigenvalue weighted by atomic mass is 9.83. The maximum absolute atomic E-state index is 12.7. The van der Waals surface area contributed by atoms with E-state index >= 15 is 0 Å². The maximum Gasteiger partial charge on any atom is 0.308 e. The molecule has 0 aromatic heterocycles. The topological polar surface area (TPSA) is 104 Å². The first-order valence-corrected chi connectivity index (χ1v) is 12.3. The zero-order chi connectivity index (χ0) is 25.9. The van der Waals surface area contributed by atoms with Crippen molar-refractivity contribution in [2.24, 2.45) is 0 Å². The van der Waals surface area contributed by atoms with Gasteiger partial charge in [0.05, 0.1) is 38.0 Å². The molecule has 3 aliphatic rings. The van der Waals surface area contributed by atoms with Crippen molar-refractivity contribution in [3.8, 4) is 11.5 Å². The molecular formula is C26H34N2O8. The number of carbonyl (C=O) groups is 3. The standard InChI is InChI=1S/C26H34N2O8/c1-17(29)34-24-19(6-8-21(31)27-9-13-32-14-10-27)5-7-20-22(24)23(28-11-15-33-16-12-28)25(35-18(2)30)26(3,4)36-20/h5-8,23,25H,9-16H2,1-4H3/b8-6+. The van der Waals surface area contributed by atoms with Crippen molar-refractivity contribution in [1.29, 1.82) is 0 Å². The van der Waals surface area contributed by atoms with Gasteiger partial charge in [-0.15, -0.1) is 0 Å². The van der Waals surface area contributed by atoms with Crippen LogP contribution in [0.25, 0.3) is 6.08 Å². The Morgan fingerprint density at radius 2 is 1.61 bits per heavy atom. The van der Waals surface area contributed by atoms with Crippen LogP contribution in [0.5, 0.6) is 11.5 Å². The van der Waals surface area contributed by atoms with Gasteiger partial charge in [0.25, 0.3) is 0 Å². The predicted octanol–water partition coefficient (Wildman–Crippen LogP) is 1.96. The van der Waals surface area contributed by atoms with Gasteiger partial charge in [0.1, 0.15) is 17.1 Å². The van der Waals surface area contributed by atoms with Crippen LogP contribution >= 0.6 is 0 Å². The Bertz CT molecular complexity index is 1030. The van der Waals surface area contributed by atoms with Crippen molar-refractivity contribution in [3.63, 3.8) is 0 Å². The normalized spacial score (nSPS) is 24.1. The minimum absolute atomic E-state index is 0.148. The van der Waals surface area contributed by atoms with Gasteiger partial charge in [0, 0.05) is 51.7 Å². The number of ether oxygens (including phenoxy) is 5. The number of amides is 1. The van der Waals surface area contributed by atoms with Gasteiger partial charge in [-0.3, -0.25) is 19.3 Å². The molecule has 0 saturated carbocycles. The summed E-state index contributed by atoms with van der Waals surface area (Å²) >= 11 is 0. The van der Waals surface area contributed by atoms with Crippen LogP contribution in [0.1, 0.15) is 44.9 Å². The number of benzene rings is 1. The Morgan fingerprint density at radius 1 is 0.972 bits per heavy atom. The summed E-state index contributed by atoms with van der Waals surface area (Å²) in [6.45, 7) is 10.7. The van der Waals surface area contributed by atoms with Crippen LogP contribution in [0, 0.1) is 0 Å². The number of nitrogens with zero attached hydrogens (tertiary/aromatic N) is 2. The minimum atomic E-state index is -0.848. The fraction of sp³-hybridized carbons (Fsp3) is 0.577. The third-order valence-electron chi connectivity index (χ3n) is 6.53. The highest BCUT2D eigenvalue weighted by molar-refractivity contribution is 5.92. The highest BCUT2D eigenvalue weighted by Gasteiger charge is 2.50. The summed E-state index contributed by atoms with van der Waals surface area (Å²) < 4.78 is 28.8. The third-order valence-corrected chi connectivity index (χ3v) is 6.53. The average molecular weight is 503 g/mol. The predicted molar refractivity (Wildman–Crippen MR) is 130 cm³/mol. The number of hydrogen-bond acceptors (Lipinski definition) is 9. The number of rotatable bonds is 5. The molecule has 2 fully saturated rings. The van der Waals surface area contributed by atoms with E-state index in [4.69, 9.17) is 23.7 Å². The molecule has 36 heavy (non-hydrogen) atoms. The van der Waals surface area contributed by atoms with Crippen LogP contribution in [0.15, 0.2) is 18.2 Å². The highest BCUT2D eigenvalue weighted by atomic mass is 16.6. The Hall–Kier alpha value is -2.95. The quantitative estimate of drug-likeness (QED) is 0.340. The van der Waals surface area contributed by atoms with Crippen LogP contribution in [-0.2, 0) is 28.6 Å². The molecule has 0 bridgehead atoms. The molecule has 2 unspecified atom stereocenters. The molecule has 10 heteroatoms. The van der Waals surface area contributed by atoms with E-state index in [-0.39, 0.29) is 11.7 Å². The van der Waals surface area contributed by atoms with Gasteiger partial charge in [-0.25, -0.2) is 0 Å². The molecule has 2 atom stereocenters.